The fraction of sp³-hybridized carbons (Fsp3) is 0.500. The average molecular weight is 248 g/mol. The summed E-state index contributed by atoms with van der Waals surface area (Å²) in [4.78, 5) is 13.3. The molecule has 0 unspecified atom stereocenters. The Morgan fingerprint density at radius 1 is 1.11 bits per heavy atom. The van der Waals surface area contributed by atoms with Crippen molar-refractivity contribution in [2.75, 3.05) is 23.7 Å². The van der Waals surface area contributed by atoms with Crippen molar-refractivity contribution >= 4 is 17.3 Å². The minimum atomic E-state index is -0.957. The van der Waals surface area contributed by atoms with Gasteiger partial charge in [-0.15, -0.1) is 0 Å². The molecule has 0 saturated carbocycles. The Hall–Kier alpha value is -1.71. The number of carboxylic acids is 1. The molecule has 4 nitrogen and oxygen atoms in total. The third-order valence-electron chi connectivity index (χ3n) is 3.51. The van der Waals surface area contributed by atoms with Gasteiger partial charge in [-0.2, -0.15) is 0 Å². The van der Waals surface area contributed by atoms with Gasteiger partial charge in [0.1, 0.15) is 0 Å². The minimum absolute atomic E-state index is 0.203. The van der Waals surface area contributed by atoms with Crippen LogP contribution in [0, 0.1) is 0 Å². The number of nitrogen functional groups attached to an aromatic ring is 1. The van der Waals surface area contributed by atoms with Crippen LogP contribution >= 0.6 is 0 Å². The predicted molar refractivity (Wildman–Crippen MR) is 73.1 cm³/mol. The summed E-state index contributed by atoms with van der Waals surface area (Å²) < 4.78 is 0. The number of nitrogens with zero attached hydrogens (tertiary/aromatic N) is 1. The van der Waals surface area contributed by atoms with Crippen LogP contribution in [0.2, 0.25) is 0 Å². The number of benzene rings is 1. The largest absolute Gasteiger partial charge is 0.478 e. The number of para-hydroxylation sites is 1. The molecule has 4 heteroatoms. The number of carboxylic acid groups (broad SMARTS) is 1. The molecule has 1 aliphatic heterocycles. The standard InChI is InChI=1S/C14H20N2O2/c15-13-11(14(17)18)7-6-8-12(13)16-9-4-2-1-3-5-10-16/h6-8H,1-5,9-10,15H2,(H,17,18). The number of hydrogen-bond donors (Lipinski definition) is 2. The number of carbonyl (C=O) groups is 1. The SMILES string of the molecule is Nc1c(C(=O)O)cccc1N1CCCCCCC1. The molecule has 1 aromatic rings. The number of hydrogen-bond acceptors (Lipinski definition) is 3. The maximum Gasteiger partial charge on any atom is 0.337 e. The molecule has 18 heavy (non-hydrogen) atoms. The van der Waals surface area contributed by atoms with E-state index in [1.165, 1.54) is 19.3 Å². The molecular formula is C14H20N2O2. The smallest absolute Gasteiger partial charge is 0.337 e. The first-order chi connectivity index (χ1) is 8.70. The van der Waals surface area contributed by atoms with E-state index < -0.39 is 5.97 Å². The van der Waals surface area contributed by atoms with Crippen LogP contribution in [-0.2, 0) is 0 Å². The molecule has 0 spiro atoms. The van der Waals surface area contributed by atoms with Gasteiger partial charge in [-0.05, 0) is 25.0 Å². The minimum Gasteiger partial charge on any atom is -0.478 e. The molecule has 1 aromatic carbocycles. The van der Waals surface area contributed by atoms with Gasteiger partial charge in [0.05, 0.1) is 16.9 Å². The van der Waals surface area contributed by atoms with Crippen molar-refractivity contribution in [2.45, 2.75) is 32.1 Å². The first-order valence-corrected chi connectivity index (χ1v) is 6.57. The third-order valence-corrected chi connectivity index (χ3v) is 3.51. The van der Waals surface area contributed by atoms with Crippen LogP contribution in [0.3, 0.4) is 0 Å². The van der Waals surface area contributed by atoms with Crippen molar-refractivity contribution in [3.63, 3.8) is 0 Å². The van der Waals surface area contributed by atoms with Gasteiger partial charge in [0.25, 0.3) is 0 Å². The molecule has 1 fully saturated rings. The highest BCUT2D eigenvalue weighted by Crippen LogP contribution is 2.28. The topological polar surface area (TPSA) is 66.6 Å². The zero-order chi connectivity index (χ0) is 13.0. The normalized spacial score (nSPS) is 17.0. The van der Waals surface area contributed by atoms with Crippen molar-refractivity contribution in [2.24, 2.45) is 0 Å². The Kier molecular flexibility index (Phi) is 4.07. The lowest BCUT2D eigenvalue weighted by Gasteiger charge is -2.28. The van der Waals surface area contributed by atoms with Crippen LogP contribution in [-0.4, -0.2) is 24.2 Å². The molecule has 1 aliphatic rings. The lowest BCUT2D eigenvalue weighted by molar-refractivity contribution is 0.0698. The molecular weight excluding hydrogens is 228 g/mol. The molecule has 98 valence electrons. The summed E-state index contributed by atoms with van der Waals surface area (Å²) in [5.41, 5.74) is 7.45. The summed E-state index contributed by atoms with van der Waals surface area (Å²) in [7, 11) is 0. The lowest BCUT2D eigenvalue weighted by atomic mass is 10.1. The summed E-state index contributed by atoms with van der Waals surface area (Å²) in [5, 5.41) is 9.09. The Labute approximate surface area is 107 Å². The van der Waals surface area contributed by atoms with E-state index in [0.29, 0.717) is 5.69 Å². The van der Waals surface area contributed by atoms with Gasteiger partial charge < -0.3 is 15.7 Å². The van der Waals surface area contributed by atoms with Crippen molar-refractivity contribution in [3.05, 3.63) is 23.8 Å². The average Bonchev–Trinajstić information content (AvgIpc) is 2.29. The van der Waals surface area contributed by atoms with E-state index in [1.54, 1.807) is 12.1 Å². The molecule has 0 aromatic heterocycles. The number of rotatable bonds is 2. The van der Waals surface area contributed by atoms with Gasteiger partial charge in [0.15, 0.2) is 0 Å². The van der Waals surface area contributed by atoms with Crippen LogP contribution in [0.1, 0.15) is 42.5 Å². The van der Waals surface area contributed by atoms with E-state index in [4.69, 9.17) is 10.8 Å². The van der Waals surface area contributed by atoms with Gasteiger partial charge in [-0.3, -0.25) is 0 Å². The second-order valence-electron chi connectivity index (χ2n) is 4.80. The molecule has 0 atom stereocenters. The molecule has 2 rings (SSSR count). The summed E-state index contributed by atoms with van der Waals surface area (Å²) in [5.74, 6) is -0.957. The van der Waals surface area contributed by atoms with Gasteiger partial charge in [-0.25, -0.2) is 4.79 Å². The fourth-order valence-corrected chi connectivity index (χ4v) is 2.50. The van der Waals surface area contributed by atoms with Gasteiger partial charge in [-0.1, -0.05) is 25.3 Å². The van der Waals surface area contributed by atoms with Crippen LogP contribution in [0.5, 0.6) is 0 Å². The summed E-state index contributed by atoms with van der Waals surface area (Å²) in [6.45, 7) is 1.93. The summed E-state index contributed by atoms with van der Waals surface area (Å²) >= 11 is 0. The highest BCUT2D eigenvalue weighted by molar-refractivity contribution is 5.97. The zero-order valence-electron chi connectivity index (χ0n) is 10.6. The maximum atomic E-state index is 11.1. The summed E-state index contributed by atoms with van der Waals surface area (Å²) in [6.07, 6.45) is 6.09. The predicted octanol–water partition coefficient (Wildman–Crippen LogP) is 2.74. The fourth-order valence-electron chi connectivity index (χ4n) is 2.50. The van der Waals surface area contributed by atoms with Crippen LogP contribution < -0.4 is 10.6 Å². The number of aromatic carboxylic acids is 1. The monoisotopic (exact) mass is 248 g/mol. The quantitative estimate of drug-likeness (QED) is 0.790. The molecule has 0 aliphatic carbocycles. The first-order valence-electron chi connectivity index (χ1n) is 6.57. The highest BCUT2D eigenvalue weighted by Gasteiger charge is 2.16. The van der Waals surface area contributed by atoms with E-state index in [1.807, 2.05) is 6.07 Å². The van der Waals surface area contributed by atoms with E-state index in [0.717, 1.165) is 31.6 Å². The van der Waals surface area contributed by atoms with Crippen molar-refractivity contribution in [1.82, 2.24) is 0 Å². The molecule has 1 saturated heterocycles. The first kappa shape index (κ1) is 12.7. The van der Waals surface area contributed by atoms with Crippen molar-refractivity contribution in [3.8, 4) is 0 Å². The second-order valence-corrected chi connectivity index (χ2v) is 4.80. The van der Waals surface area contributed by atoms with Crippen LogP contribution in [0.4, 0.5) is 11.4 Å². The Morgan fingerprint density at radius 2 is 1.72 bits per heavy atom. The van der Waals surface area contributed by atoms with Crippen molar-refractivity contribution in [1.29, 1.82) is 0 Å². The van der Waals surface area contributed by atoms with E-state index in [2.05, 4.69) is 4.90 Å². The lowest BCUT2D eigenvalue weighted by Crippen LogP contribution is -2.28. The van der Waals surface area contributed by atoms with E-state index in [-0.39, 0.29) is 5.56 Å². The van der Waals surface area contributed by atoms with Crippen molar-refractivity contribution < 1.29 is 9.90 Å². The molecule has 1 heterocycles. The van der Waals surface area contributed by atoms with E-state index in [9.17, 15) is 4.79 Å². The van der Waals surface area contributed by atoms with Crippen LogP contribution in [0.25, 0.3) is 0 Å². The maximum absolute atomic E-state index is 11.1. The third kappa shape index (κ3) is 2.75. The van der Waals surface area contributed by atoms with Gasteiger partial charge in [0.2, 0.25) is 0 Å². The van der Waals surface area contributed by atoms with E-state index >= 15 is 0 Å². The Bertz CT molecular complexity index is 424. The number of anilines is 2. The molecule has 3 N–H and O–H groups in total. The zero-order valence-corrected chi connectivity index (χ0v) is 10.6. The molecule has 0 radical (unpaired) electrons. The van der Waals surface area contributed by atoms with Crippen LogP contribution in [0.15, 0.2) is 18.2 Å². The van der Waals surface area contributed by atoms with Gasteiger partial charge in [0, 0.05) is 13.1 Å². The Morgan fingerprint density at radius 3 is 2.33 bits per heavy atom. The number of nitrogens with two attached hydrogens (primary N) is 1. The second kappa shape index (κ2) is 5.76. The Balaban J connectivity index is 2.25. The summed E-state index contributed by atoms with van der Waals surface area (Å²) in [6, 6.07) is 5.25. The van der Waals surface area contributed by atoms with Gasteiger partial charge >= 0.3 is 5.97 Å². The molecule has 0 amide bonds. The molecule has 0 bridgehead atoms. The highest BCUT2D eigenvalue weighted by atomic mass is 16.4.